The second kappa shape index (κ2) is 20.7. The van der Waals surface area contributed by atoms with Crippen molar-refractivity contribution < 1.29 is 84.9 Å². The fraction of sp³-hybridized carbons (Fsp3) is 0.278. The van der Waals surface area contributed by atoms with Gasteiger partial charge in [-0.3, -0.25) is 9.59 Å². The van der Waals surface area contributed by atoms with Crippen molar-refractivity contribution in [3.05, 3.63) is 114 Å². The zero-order valence-electron chi connectivity index (χ0n) is 31.1. The zero-order chi connectivity index (χ0) is 48.8. The molecule has 6 N–H and O–H groups in total. The van der Waals surface area contributed by atoms with Gasteiger partial charge in [-0.25, -0.2) is 17.6 Å². The van der Waals surface area contributed by atoms with E-state index in [0.29, 0.717) is 13.0 Å². The van der Waals surface area contributed by atoms with Crippen LogP contribution in [0.4, 0.5) is 93.0 Å². The average molecular weight is 1100 g/mol. The van der Waals surface area contributed by atoms with Crippen LogP contribution < -0.4 is 21.7 Å². The van der Waals surface area contributed by atoms with E-state index in [0.717, 1.165) is 25.3 Å². The molecule has 0 atom stereocenters. The van der Waals surface area contributed by atoms with Gasteiger partial charge in [0.15, 0.2) is 11.6 Å². The van der Waals surface area contributed by atoms with Crippen LogP contribution in [-0.4, -0.2) is 55.3 Å². The second-order valence-corrected chi connectivity index (χ2v) is 14.7. The van der Waals surface area contributed by atoms with Crippen LogP contribution in [0.5, 0.6) is 0 Å². The molecule has 7 nitrogen and oxygen atoms in total. The molecular weight excluding hydrogens is 1070 g/mol. The second-order valence-electron chi connectivity index (χ2n) is 12.1. The number of carbonyl (C=O) groups excluding carboxylic acids is 2. The molecule has 0 unspecified atom stereocenters. The molecule has 27 heteroatoms. The third-order valence-electron chi connectivity index (χ3n) is 8.00. The zero-order valence-corrected chi connectivity index (χ0v) is 35.8. The summed E-state index contributed by atoms with van der Waals surface area (Å²) in [4.78, 5) is 24.6. The van der Waals surface area contributed by atoms with Crippen molar-refractivity contribution in [3.8, 4) is 0 Å². The number of aliphatic hydroxyl groups excluding tert-OH is 1. The summed E-state index contributed by atoms with van der Waals surface area (Å²) in [6.45, 7) is 2.23. The highest BCUT2D eigenvalue weighted by Crippen LogP contribution is 2.56. The lowest BCUT2D eigenvalue weighted by Gasteiger charge is -2.30. The molecule has 2 amide bonds. The van der Waals surface area contributed by atoms with Gasteiger partial charge in [-0.2, -0.15) is 52.7 Å². The van der Waals surface area contributed by atoms with Crippen molar-refractivity contribution in [2.75, 3.05) is 35.3 Å². The summed E-state index contributed by atoms with van der Waals surface area (Å²) >= 11 is 16.8. The Morgan fingerprint density at radius 1 is 0.619 bits per heavy atom. The maximum Gasteiger partial charge on any atom is 0.435 e. The molecule has 0 heterocycles. The van der Waals surface area contributed by atoms with Crippen LogP contribution in [0.1, 0.15) is 45.2 Å². The van der Waals surface area contributed by atoms with E-state index >= 15 is 0 Å². The molecule has 4 rings (SSSR count). The van der Waals surface area contributed by atoms with E-state index in [1.165, 1.54) is 18.2 Å². The van der Waals surface area contributed by atoms with Gasteiger partial charge in [0, 0.05) is 33.7 Å². The largest absolute Gasteiger partial charge is 0.435 e. The Morgan fingerprint density at radius 3 is 1.30 bits per heavy atom. The minimum Gasteiger partial charge on any atom is -0.400 e. The van der Waals surface area contributed by atoms with E-state index in [4.69, 9.17) is 34.0 Å². The minimum atomic E-state index is -6.34. The third-order valence-corrected chi connectivity index (χ3v) is 9.85. The number of hydrogen-bond donors (Lipinski definition) is 5. The van der Waals surface area contributed by atoms with Gasteiger partial charge in [-0.1, -0.05) is 42.3 Å². The van der Waals surface area contributed by atoms with Gasteiger partial charge >= 0.3 is 36.0 Å². The molecule has 0 aliphatic heterocycles. The summed E-state index contributed by atoms with van der Waals surface area (Å²) in [5.74, 6) is -4.27. The van der Waals surface area contributed by atoms with Crippen LogP contribution in [0.2, 0.25) is 10.0 Å². The monoisotopic (exact) mass is 1090 g/mol. The number of alkyl halides is 14. The predicted molar refractivity (Wildman–Crippen MR) is 208 cm³/mol. The molecule has 0 radical (unpaired) electrons. The van der Waals surface area contributed by atoms with Gasteiger partial charge < -0.3 is 26.8 Å². The first kappa shape index (κ1) is 54.9. The Balaban J connectivity index is 0.000000419. The van der Waals surface area contributed by atoms with Crippen LogP contribution in [0.3, 0.4) is 0 Å². The van der Waals surface area contributed by atoms with Crippen LogP contribution in [-0.2, 0) is 11.3 Å². The summed E-state index contributed by atoms with van der Waals surface area (Å²) in [6, 6.07) is 7.77. The van der Waals surface area contributed by atoms with Crippen LogP contribution >= 0.6 is 55.1 Å². The normalized spacial score (nSPS) is 12.4. The number of rotatable bonds is 9. The van der Waals surface area contributed by atoms with Crippen molar-refractivity contribution in [3.63, 3.8) is 0 Å². The first-order chi connectivity index (χ1) is 28.8. The molecule has 4 aromatic rings. The predicted octanol–water partition coefficient (Wildman–Crippen LogP) is 13.6. The number of hydrogen-bond acceptors (Lipinski definition) is 5. The van der Waals surface area contributed by atoms with Crippen molar-refractivity contribution in [1.29, 1.82) is 0 Å². The lowest BCUT2D eigenvalue weighted by molar-refractivity contribution is -0.349. The Morgan fingerprint density at radius 2 is 0.968 bits per heavy atom. The number of carbonyl (C=O) groups is 2. The van der Waals surface area contributed by atoms with E-state index in [1.807, 2.05) is 12.2 Å². The molecule has 0 saturated heterocycles. The minimum absolute atomic E-state index is 0.0116. The maximum atomic E-state index is 14.6. The van der Waals surface area contributed by atoms with Gasteiger partial charge in [-0.15, -0.1) is 0 Å². The fourth-order valence-corrected chi connectivity index (χ4v) is 6.83. The van der Waals surface area contributed by atoms with E-state index in [9.17, 15) is 79.8 Å². The van der Waals surface area contributed by atoms with Crippen molar-refractivity contribution >= 4 is 89.6 Å². The Labute approximate surface area is 371 Å². The highest BCUT2D eigenvalue weighted by molar-refractivity contribution is 9.11. The summed E-state index contributed by atoms with van der Waals surface area (Å²) in [5.41, 5.74) is -12.2. The molecule has 63 heavy (non-hydrogen) atoms. The number of nitrogens with two attached hydrogens (primary N) is 1. The van der Waals surface area contributed by atoms with Crippen molar-refractivity contribution in [2.24, 2.45) is 0 Å². The first-order valence-electron chi connectivity index (χ1n) is 16.5. The molecule has 0 aliphatic rings. The number of aliphatic hydroxyl groups is 1. The maximum absolute atomic E-state index is 14.6. The fourth-order valence-electron chi connectivity index (χ4n) is 4.95. The molecular formula is C36H26Br2Cl2F16N4O3. The third kappa shape index (κ3) is 11.7. The molecule has 0 spiro atoms. The Bertz CT molecular complexity index is 2220. The van der Waals surface area contributed by atoms with Crippen molar-refractivity contribution in [2.45, 2.75) is 49.4 Å². The number of anilines is 4. The number of benzene rings is 4. The van der Waals surface area contributed by atoms with Crippen molar-refractivity contribution in [1.82, 2.24) is 0 Å². The quantitative estimate of drug-likeness (QED) is 0.0846. The van der Waals surface area contributed by atoms with Gasteiger partial charge in [0.1, 0.15) is 0 Å². The van der Waals surface area contributed by atoms with Crippen LogP contribution in [0.25, 0.3) is 0 Å². The average Bonchev–Trinajstić information content (AvgIpc) is 3.16. The number of amides is 2. The van der Waals surface area contributed by atoms with Gasteiger partial charge in [0.05, 0.1) is 43.9 Å². The Hall–Kier alpha value is -4.20. The van der Waals surface area contributed by atoms with E-state index in [2.05, 4.69) is 42.5 Å². The number of nitrogens with one attached hydrogen (secondary N) is 3. The summed E-state index contributed by atoms with van der Waals surface area (Å²) < 4.78 is 211. The molecule has 0 bridgehead atoms. The molecule has 0 fully saturated rings. The lowest BCUT2D eigenvalue weighted by Crippen LogP contribution is -2.50. The molecule has 0 aliphatic carbocycles. The first-order valence-corrected chi connectivity index (χ1v) is 18.9. The molecule has 4 aromatic carbocycles. The van der Waals surface area contributed by atoms with Crippen LogP contribution in [0, 0.1) is 11.6 Å². The van der Waals surface area contributed by atoms with Gasteiger partial charge in [-0.05, 0) is 86.8 Å². The topological polar surface area (TPSA) is 116 Å². The Kier molecular flexibility index (Phi) is 18.1. The highest BCUT2D eigenvalue weighted by Gasteiger charge is 2.74. The van der Waals surface area contributed by atoms with Gasteiger partial charge in [0.25, 0.3) is 11.8 Å². The summed E-state index contributed by atoms with van der Waals surface area (Å²) in [5, 5.41) is 12.2. The molecule has 0 saturated carbocycles. The molecule has 0 aromatic heterocycles. The standard InChI is InChI=1S/C19H14BrClF8N2O.C16H8BrClF8N2O.CH4O/c1-2-6-30-13-5-3-4-10(14(13)22)16(32)31-15-11(20)7-9(8-12(15)21)17(23,18(24,25)26)19(27,28)29;17-8-4-6(14(20,15(21,22)23)16(24,25)26)5-9(18)12(8)28-13(29)7-2-1-3-10(27)11(7)19;1-2/h3-5,7-8,30H,2,6H2,1H3,(H,31,32);1-5H,27H2,(H,28,29);2H,1H3. The van der Waals surface area contributed by atoms with E-state index in [-0.39, 0.29) is 35.6 Å². The molecule has 348 valence electrons. The van der Waals surface area contributed by atoms with Gasteiger partial charge in [0.2, 0.25) is 0 Å². The number of nitrogen functional groups attached to an aromatic ring is 1. The SMILES string of the molecule is CCCNc1cccc(C(=O)Nc2c(Cl)cc(C(F)(C(F)(F)F)C(F)(F)F)cc2Br)c1F.CO.Nc1cccc(C(=O)Nc2c(Cl)cc(C(F)(C(F)(F)F)C(F)(F)F)cc2Br)c1F. The lowest BCUT2D eigenvalue weighted by atomic mass is 9.94. The smallest absolute Gasteiger partial charge is 0.400 e. The van der Waals surface area contributed by atoms with E-state index < -0.39 is 112 Å². The van der Waals surface area contributed by atoms with Crippen LogP contribution in [0.15, 0.2) is 69.6 Å². The summed E-state index contributed by atoms with van der Waals surface area (Å²) in [7, 11) is 1.00. The van der Waals surface area contributed by atoms with E-state index in [1.54, 1.807) is 0 Å². The highest BCUT2D eigenvalue weighted by atomic mass is 79.9. The summed E-state index contributed by atoms with van der Waals surface area (Å²) in [6.07, 6.45) is -24.7. The number of halogens is 20.